The van der Waals surface area contributed by atoms with E-state index in [4.69, 9.17) is 9.47 Å². The molecule has 62 heavy (non-hydrogen) atoms. The SMILES string of the molecule is CCCCCCCCCCCCOc1cc(N/C=C2/C=CC=C(c3ccccc3)C2=O)c(N/C=C2/C=CC=C(c3ccccc3)C2=O)cc1OCCCCCCCCCCCC. The second-order valence-electron chi connectivity index (χ2n) is 16.7. The molecular formula is C56H72N2O4. The molecule has 0 aliphatic heterocycles. The van der Waals surface area contributed by atoms with Crippen molar-refractivity contribution >= 4 is 34.1 Å². The van der Waals surface area contributed by atoms with E-state index in [1.165, 1.54) is 103 Å². The number of rotatable bonds is 30. The Kier molecular flexibility index (Phi) is 21.8. The molecule has 0 atom stereocenters. The minimum atomic E-state index is -0.0603. The molecule has 0 saturated heterocycles. The smallest absolute Gasteiger partial charge is 0.195 e. The molecule has 0 spiro atoms. The van der Waals surface area contributed by atoms with E-state index in [-0.39, 0.29) is 11.6 Å². The zero-order valence-corrected chi connectivity index (χ0v) is 37.7. The van der Waals surface area contributed by atoms with E-state index < -0.39 is 0 Å². The van der Waals surface area contributed by atoms with Crippen LogP contribution in [0.1, 0.15) is 153 Å². The average molecular weight is 837 g/mol. The predicted molar refractivity (Wildman–Crippen MR) is 262 cm³/mol. The van der Waals surface area contributed by atoms with Gasteiger partial charge in [-0.1, -0.05) is 214 Å². The maximum atomic E-state index is 13.7. The Morgan fingerprint density at radius 3 is 1.15 bits per heavy atom. The fourth-order valence-electron chi connectivity index (χ4n) is 7.91. The van der Waals surface area contributed by atoms with Crippen molar-refractivity contribution in [2.45, 2.75) is 142 Å². The number of carbonyl (C=O) groups is 2. The average Bonchev–Trinajstić information content (AvgIpc) is 3.30. The highest BCUT2D eigenvalue weighted by atomic mass is 16.5. The van der Waals surface area contributed by atoms with Crippen LogP contribution in [-0.4, -0.2) is 24.8 Å². The first-order valence-electron chi connectivity index (χ1n) is 23.9. The lowest BCUT2D eigenvalue weighted by molar-refractivity contribution is -0.111. The van der Waals surface area contributed by atoms with Crippen LogP contribution in [0.15, 0.2) is 133 Å². The number of hydrogen-bond donors (Lipinski definition) is 2. The van der Waals surface area contributed by atoms with E-state index in [1.54, 1.807) is 12.4 Å². The van der Waals surface area contributed by atoms with Crippen LogP contribution < -0.4 is 20.1 Å². The molecule has 0 unspecified atom stereocenters. The molecule has 0 saturated carbocycles. The van der Waals surface area contributed by atoms with Crippen molar-refractivity contribution in [1.29, 1.82) is 0 Å². The maximum Gasteiger partial charge on any atom is 0.195 e. The van der Waals surface area contributed by atoms with E-state index in [9.17, 15) is 9.59 Å². The van der Waals surface area contributed by atoms with Gasteiger partial charge in [-0.05, 0) is 36.1 Å². The van der Waals surface area contributed by atoms with Crippen LogP contribution in [0.2, 0.25) is 0 Å². The Hall–Kier alpha value is -5.36. The predicted octanol–water partition coefficient (Wildman–Crippen LogP) is 15.3. The molecule has 6 heteroatoms. The zero-order chi connectivity index (χ0) is 43.5. The molecule has 2 aliphatic carbocycles. The number of Topliss-reactive ketones (excluding diaryl/α,β-unsaturated/α-hetero) is 2. The Morgan fingerprint density at radius 2 is 0.790 bits per heavy atom. The third-order valence-corrected chi connectivity index (χ3v) is 11.6. The molecule has 5 rings (SSSR count). The summed E-state index contributed by atoms with van der Waals surface area (Å²) >= 11 is 0. The summed E-state index contributed by atoms with van der Waals surface area (Å²) in [7, 11) is 0. The quantitative estimate of drug-likeness (QED) is 0.0514. The lowest BCUT2D eigenvalue weighted by Gasteiger charge is -2.19. The molecular weight excluding hydrogens is 765 g/mol. The number of nitrogens with one attached hydrogen (secondary N) is 2. The largest absolute Gasteiger partial charge is 0.490 e. The van der Waals surface area contributed by atoms with Crippen molar-refractivity contribution < 1.29 is 19.1 Å². The van der Waals surface area contributed by atoms with Crippen LogP contribution in [0.25, 0.3) is 11.1 Å². The summed E-state index contributed by atoms with van der Waals surface area (Å²) in [5, 5.41) is 6.88. The van der Waals surface area contributed by atoms with E-state index >= 15 is 0 Å². The number of anilines is 2. The number of ketones is 2. The number of benzene rings is 3. The standard InChI is InChI=1S/C56H72N2O4/c1-3-5-7-9-11-13-15-17-19-27-39-61-53-41-51(57-43-47-35-29-37-49(55(47)59)45-31-23-21-24-32-45)52(42-54(53)62-40-28-20-18-16-14-12-10-8-6-4-2)58-44-48-36-30-38-50(56(48)60)46-33-25-22-26-34-46/h21-26,29-38,41-44,57-58H,3-20,27-28,39-40H2,1-2H3/b47-43-,48-44-. The number of allylic oxidation sites excluding steroid dienone is 10. The molecule has 0 heterocycles. The summed E-state index contributed by atoms with van der Waals surface area (Å²) in [5.41, 5.74) is 5.50. The molecule has 0 bridgehead atoms. The van der Waals surface area contributed by atoms with Crippen LogP contribution in [0, 0.1) is 0 Å². The molecule has 6 nitrogen and oxygen atoms in total. The van der Waals surface area contributed by atoms with E-state index in [0.717, 1.165) is 36.8 Å². The summed E-state index contributed by atoms with van der Waals surface area (Å²) in [4.78, 5) is 27.5. The molecule has 2 N–H and O–H groups in total. The Bertz CT molecular complexity index is 1860. The number of unbranched alkanes of at least 4 members (excludes halogenated alkanes) is 18. The second-order valence-corrected chi connectivity index (χ2v) is 16.7. The number of carbonyl (C=O) groups excluding carboxylic acids is 2. The van der Waals surface area contributed by atoms with Crippen LogP contribution in [0.3, 0.4) is 0 Å². The highest BCUT2D eigenvalue weighted by Crippen LogP contribution is 2.38. The normalized spacial score (nSPS) is 14.9. The Labute approximate surface area is 373 Å². The summed E-state index contributed by atoms with van der Waals surface area (Å²) < 4.78 is 13.1. The Morgan fingerprint density at radius 1 is 0.452 bits per heavy atom. The van der Waals surface area contributed by atoms with Crippen molar-refractivity contribution in [3.8, 4) is 11.5 Å². The van der Waals surface area contributed by atoms with Gasteiger partial charge in [0.15, 0.2) is 23.1 Å². The van der Waals surface area contributed by atoms with Crippen molar-refractivity contribution in [1.82, 2.24) is 0 Å². The van der Waals surface area contributed by atoms with Crippen molar-refractivity contribution in [3.63, 3.8) is 0 Å². The van der Waals surface area contributed by atoms with Gasteiger partial charge in [-0.25, -0.2) is 0 Å². The second kappa shape index (κ2) is 28.3. The summed E-state index contributed by atoms with van der Waals surface area (Å²) in [6, 6.07) is 23.4. The highest BCUT2D eigenvalue weighted by Gasteiger charge is 2.20. The van der Waals surface area contributed by atoms with Crippen molar-refractivity contribution in [2.75, 3.05) is 23.8 Å². The lowest BCUT2D eigenvalue weighted by Crippen LogP contribution is -2.10. The van der Waals surface area contributed by atoms with E-state index in [2.05, 4.69) is 24.5 Å². The topological polar surface area (TPSA) is 76.7 Å². The first-order valence-corrected chi connectivity index (χ1v) is 23.9. The van der Waals surface area contributed by atoms with Gasteiger partial charge >= 0.3 is 0 Å². The third-order valence-electron chi connectivity index (χ3n) is 11.6. The summed E-state index contributed by atoms with van der Waals surface area (Å²) in [5.74, 6) is 1.20. The van der Waals surface area contributed by atoms with Gasteiger partial charge in [-0.3, -0.25) is 9.59 Å². The van der Waals surface area contributed by atoms with Crippen LogP contribution in [0.4, 0.5) is 11.4 Å². The van der Waals surface area contributed by atoms with Gasteiger partial charge in [0.2, 0.25) is 0 Å². The first-order chi connectivity index (χ1) is 30.6. The van der Waals surface area contributed by atoms with Gasteiger partial charge < -0.3 is 20.1 Å². The molecule has 3 aromatic carbocycles. The Balaban J connectivity index is 1.33. The van der Waals surface area contributed by atoms with E-state index in [1.807, 2.05) is 109 Å². The fraction of sp³-hybridized carbons (Fsp3) is 0.429. The monoisotopic (exact) mass is 837 g/mol. The summed E-state index contributed by atoms with van der Waals surface area (Å²) in [6.07, 6.45) is 39.8. The van der Waals surface area contributed by atoms with Gasteiger partial charge in [0.05, 0.1) is 24.6 Å². The molecule has 3 aromatic rings. The zero-order valence-electron chi connectivity index (χ0n) is 37.7. The van der Waals surface area contributed by atoms with Crippen LogP contribution >= 0.6 is 0 Å². The van der Waals surface area contributed by atoms with Crippen molar-refractivity contribution in [3.05, 3.63) is 144 Å². The minimum Gasteiger partial charge on any atom is -0.490 e. The molecule has 0 radical (unpaired) electrons. The van der Waals surface area contributed by atoms with Gasteiger partial charge in [0.1, 0.15) is 0 Å². The lowest BCUT2D eigenvalue weighted by atomic mass is 9.93. The summed E-state index contributed by atoms with van der Waals surface area (Å²) in [6.45, 7) is 5.71. The third kappa shape index (κ3) is 16.2. The molecule has 330 valence electrons. The number of ether oxygens (including phenoxy) is 2. The van der Waals surface area contributed by atoms with Crippen LogP contribution in [0.5, 0.6) is 11.5 Å². The molecule has 0 aromatic heterocycles. The van der Waals surface area contributed by atoms with Gasteiger partial charge in [-0.15, -0.1) is 0 Å². The fourth-order valence-corrected chi connectivity index (χ4v) is 7.91. The first kappa shape index (κ1) is 47.7. The highest BCUT2D eigenvalue weighted by molar-refractivity contribution is 6.31. The van der Waals surface area contributed by atoms with Crippen molar-refractivity contribution in [2.24, 2.45) is 0 Å². The molecule has 0 fully saturated rings. The van der Waals surface area contributed by atoms with Gasteiger partial charge in [-0.2, -0.15) is 0 Å². The number of hydrogen-bond acceptors (Lipinski definition) is 6. The maximum absolute atomic E-state index is 13.7. The van der Waals surface area contributed by atoms with Crippen LogP contribution in [-0.2, 0) is 9.59 Å². The minimum absolute atomic E-state index is 0.0603. The molecule has 0 amide bonds. The van der Waals surface area contributed by atoms with E-state index in [0.29, 0.717) is 58.4 Å². The molecule has 2 aliphatic rings. The van der Waals surface area contributed by atoms with Gasteiger partial charge in [0, 0.05) is 46.8 Å². The van der Waals surface area contributed by atoms with Gasteiger partial charge in [0.25, 0.3) is 0 Å².